The molecule has 8 heteroatoms. The molecule has 3 rings (SSSR count). The van der Waals surface area contributed by atoms with Crippen molar-refractivity contribution < 1.29 is 23.8 Å². The van der Waals surface area contributed by atoms with Crippen LogP contribution in [0.2, 0.25) is 0 Å². The van der Waals surface area contributed by atoms with Crippen molar-refractivity contribution in [3.05, 3.63) is 72.3 Å². The Morgan fingerprint density at radius 2 is 1.67 bits per heavy atom. The lowest BCUT2D eigenvalue weighted by molar-refractivity contribution is 0.0694. The first-order valence-corrected chi connectivity index (χ1v) is 8.87. The third-order valence-electron chi connectivity index (χ3n) is 3.95. The summed E-state index contributed by atoms with van der Waals surface area (Å²) in [6, 6.07) is 17.7. The average molecular weight is 384 g/mol. The summed E-state index contributed by atoms with van der Waals surface area (Å²) in [7, 11) is 0. The van der Waals surface area contributed by atoms with E-state index in [4.69, 9.17) is 10.8 Å². The van der Waals surface area contributed by atoms with Crippen LogP contribution in [-0.2, 0) is 11.3 Å². The van der Waals surface area contributed by atoms with Gasteiger partial charge in [-0.15, -0.1) is 0 Å². The Balaban J connectivity index is 2.08. The fourth-order valence-electron chi connectivity index (χ4n) is 2.72. The number of rotatable bonds is 5. The van der Waals surface area contributed by atoms with Crippen molar-refractivity contribution >= 4 is 34.3 Å². The van der Waals surface area contributed by atoms with Crippen molar-refractivity contribution in [2.24, 2.45) is 0 Å². The van der Waals surface area contributed by atoms with Gasteiger partial charge in [0, 0.05) is 17.3 Å². The zero-order chi connectivity index (χ0) is 19.6. The zero-order valence-electron chi connectivity index (χ0n) is 13.9. The van der Waals surface area contributed by atoms with E-state index in [1.54, 1.807) is 24.3 Å². The number of phenols is 1. The van der Waals surface area contributed by atoms with E-state index in [9.17, 15) is 18.7 Å². The highest BCUT2D eigenvalue weighted by molar-refractivity contribution is 7.81. The van der Waals surface area contributed by atoms with Crippen LogP contribution in [0.3, 0.4) is 0 Å². The molecular weight excluding hydrogens is 368 g/mol. The molecule has 0 spiro atoms. The maximum absolute atomic E-state index is 12.0. The Labute approximate surface area is 157 Å². The second kappa shape index (κ2) is 7.48. The van der Waals surface area contributed by atoms with Gasteiger partial charge in [0.05, 0.1) is 11.4 Å². The van der Waals surface area contributed by atoms with Gasteiger partial charge in [-0.2, -0.15) is 0 Å². The van der Waals surface area contributed by atoms with Gasteiger partial charge in [0.2, 0.25) is 0 Å². The first-order chi connectivity index (χ1) is 12.9. The minimum atomic E-state index is -2.46. The number of carboxylic acid groups (broad SMARTS) is 1. The van der Waals surface area contributed by atoms with Crippen LogP contribution in [0.1, 0.15) is 10.4 Å². The fourth-order valence-corrected chi connectivity index (χ4v) is 3.30. The topological polar surface area (TPSA) is 124 Å². The molecule has 0 saturated heterocycles. The third-order valence-corrected chi connectivity index (χ3v) is 4.69. The van der Waals surface area contributed by atoms with Gasteiger partial charge >= 0.3 is 5.97 Å². The number of para-hydroxylation sites is 1. The molecule has 3 aromatic carbocycles. The molecule has 0 saturated carbocycles. The molecule has 5 N–H and O–H groups in total. The molecule has 0 fully saturated rings. The van der Waals surface area contributed by atoms with Crippen molar-refractivity contribution in [1.29, 1.82) is 0 Å². The van der Waals surface area contributed by atoms with E-state index in [-0.39, 0.29) is 11.3 Å². The van der Waals surface area contributed by atoms with E-state index in [0.29, 0.717) is 11.4 Å². The quantitative estimate of drug-likeness (QED) is 0.393. The van der Waals surface area contributed by atoms with Gasteiger partial charge in [-0.25, -0.2) is 13.3 Å². The van der Waals surface area contributed by atoms with E-state index in [0.717, 1.165) is 21.5 Å². The van der Waals surface area contributed by atoms with Gasteiger partial charge < -0.3 is 15.9 Å². The van der Waals surface area contributed by atoms with E-state index in [2.05, 4.69) is 0 Å². The molecule has 0 aromatic heterocycles. The van der Waals surface area contributed by atoms with E-state index < -0.39 is 23.0 Å². The molecule has 27 heavy (non-hydrogen) atoms. The largest absolute Gasteiger partial charge is 0.507 e. The normalized spacial score (nSPS) is 11.7. The number of anilines is 3. The van der Waals surface area contributed by atoms with Crippen LogP contribution in [-0.4, -0.2) is 24.9 Å². The summed E-state index contributed by atoms with van der Waals surface area (Å²) in [6.07, 6.45) is 0. The van der Waals surface area contributed by atoms with Crippen molar-refractivity contribution in [2.75, 3.05) is 10.0 Å². The molecule has 0 bridgehead atoms. The van der Waals surface area contributed by atoms with Crippen LogP contribution in [0.25, 0.3) is 11.1 Å². The lowest BCUT2D eigenvalue weighted by atomic mass is 10.0. The molecule has 3 aromatic rings. The summed E-state index contributed by atoms with van der Waals surface area (Å²) in [5, 5.41) is 18.9. The molecule has 1 unspecified atom stereocenters. The number of carboxylic acids is 1. The molecule has 138 valence electrons. The van der Waals surface area contributed by atoms with Crippen molar-refractivity contribution in [1.82, 2.24) is 0 Å². The van der Waals surface area contributed by atoms with Gasteiger partial charge in [0.15, 0.2) is 0 Å². The Kier molecular flexibility index (Phi) is 5.11. The number of hydrogen-bond acceptors (Lipinski definition) is 4. The SMILES string of the molecule is Nc1ccccc1-c1cccc(N(c2ccc(C(=O)O)c(O)c2)S(=O)O)c1. The number of aromatic carboxylic acids is 1. The van der Waals surface area contributed by atoms with Crippen LogP contribution in [0.5, 0.6) is 5.75 Å². The van der Waals surface area contributed by atoms with E-state index >= 15 is 0 Å². The molecule has 0 amide bonds. The monoisotopic (exact) mass is 384 g/mol. The first kappa shape index (κ1) is 18.4. The molecule has 0 radical (unpaired) electrons. The number of benzene rings is 3. The average Bonchev–Trinajstić information content (AvgIpc) is 2.62. The van der Waals surface area contributed by atoms with E-state index in [1.165, 1.54) is 12.1 Å². The van der Waals surface area contributed by atoms with Crippen molar-refractivity contribution in [3.63, 3.8) is 0 Å². The van der Waals surface area contributed by atoms with Crippen LogP contribution in [0, 0.1) is 0 Å². The van der Waals surface area contributed by atoms with Gasteiger partial charge in [0.1, 0.15) is 11.3 Å². The number of nitrogens with zero attached hydrogens (tertiary/aromatic N) is 1. The Bertz CT molecular complexity index is 1040. The van der Waals surface area contributed by atoms with Crippen LogP contribution >= 0.6 is 0 Å². The number of nitrogens with two attached hydrogens (primary N) is 1. The maximum atomic E-state index is 12.0. The fraction of sp³-hybridized carbons (Fsp3) is 0. The summed E-state index contributed by atoms with van der Waals surface area (Å²) in [5.41, 5.74) is 8.32. The molecular formula is C19H16N2O5S. The van der Waals surface area contributed by atoms with Gasteiger partial charge in [-0.1, -0.05) is 30.3 Å². The summed E-state index contributed by atoms with van der Waals surface area (Å²) < 4.78 is 22.8. The van der Waals surface area contributed by atoms with Crippen LogP contribution in [0.15, 0.2) is 66.7 Å². The third kappa shape index (κ3) is 3.76. The Morgan fingerprint density at radius 1 is 0.963 bits per heavy atom. The van der Waals surface area contributed by atoms with Crippen LogP contribution < -0.4 is 10.0 Å². The highest BCUT2D eigenvalue weighted by Crippen LogP contribution is 2.34. The van der Waals surface area contributed by atoms with Gasteiger partial charge in [0.25, 0.3) is 11.3 Å². The summed E-state index contributed by atoms with van der Waals surface area (Å²) in [5.74, 6) is -1.80. The molecule has 0 aliphatic carbocycles. The Hall–Kier alpha value is -3.36. The van der Waals surface area contributed by atoms with Crippen LogP contribution in [0.4, 0.5) is 17.1 Å². The van der Waals surface area contributed by atoms with Crippen molar-refractivity contribution in [3.8, 4) is 16.9 Å². The van der Waals surface area contributed by atoms with Gasteiger partial charge in [-0.3, -0.25) is 4.55 Å². The predicted molar refractivity (Wildman–Crippen MR) is 104 cm³/mol. The highest BCUT2D eigenvalue weighted by atomic mass is 32.2. The lowest BCUT2D eigenvalue weighted by Gasteiger charge is -2.21. The number of aromatic hydroxyl groups is 1. The summed E-state index contributed by atoms with van der Waals surface area (Å²) in [6.45, 7) is 0. The highest BCUT2D eigenvalue weighted by Gasteiger charge is 2.19. The smallest absolute Gasteiger partial charge is 0.339 e. The molecule has 0 aliphatic heterocycles. The predicted octanol–water partition coefficient (Wildman–Crippen LogP) is 3.61. The minimum absolute atomic E-state index is 0.163. The van der Waals surface area contributed by atoms with E-state index in [1.807, 2.05) is 24.3 Å². The molecule has 0 aliphatic rings. The molecule has 0 heterocycles. The maximum Gasteiger partial charge on any atom is 0.339 e. The molecule has 7 nitrogen and oxygen atoms in total. The minimum Gasteiger partial charge on any atom is -0.507 e. The zero-order valence-corrected chi connectivity index (χ0v) is 14.8. The summed E-state index contributed by atoms with van der Waals surface area (Å²) in [4.78, 5) is 11.0. The standard InChI is InChI=1S/C19H16N2O5S/c20-17-7-2-1-6-15(17)12-4-3-5-13(10-12)21(27(25)26)14-8-9-16(19(23)24)18(22)11-14/h1-11,22H,20H2,(H,23,24)(H,25,26). The Morgan fingerprint density at radius 3 is 2.30 bits per heavy atom. The van der Waals surface area contributed by atoms with Crippen molar-refractivity contribution in [2.45, 2.75) is 0 Å². The second-order valence-corrected chi connectivity index (χ2v) is 6.50. The first-order valence-electron chi connectivity index (χ1n) is 7.81. The second-order valence-electron chi connectivity index (χ2n) is 5.67. The summed E-state index contributed by atoms with van der Waals surface area (Å²) >= 11 is -2.46. The van der Waals surface area contributed by atoms with Gasteiger partial charge in [-0.05, 0) is 35.9 Å². The number of hydrogen-bond donors (Lipinski definition) is 4. The lowest BCUT2D eigenvalue weighted by Crippen LogP contribution is -2.19. The number of carbonyl (C=O) groups is 1. The molecule has 1 atom stereocenters. The number of nitrogen functional groups attached to an aromatic ring is 1.